The zero-order valence-corrected chi connectivity index (χ0v) is 12.0. The number of anilines is 1. The molecule has 0 fully saturated rings. The molecule has 0 saturated heterocycles. The fourth-order valence-electron chi connectivity index (χ4n) is 1.08. The van der Waals surface area contributed by atoms with Crippen LogP contribution < -0.4 is 5.32 Å². The van der Waals surface area contributed by atoms with E-state index in [0.717, 1.165) is 17.5 Å². The van der Waals surface area contributed by atoms with Gasteiger partial charge in [-0.25, -0.2) is 4.98 Å². The Bertz CT molecular complexity index is 325. The Kier molecular flexibility index (Phi) is 4.30. The first kappa shape index (κ1) is 13.4. The molecule has 0 amide bonds. The lowest BCUT2D eigenvalue weighted by atomic mass is 9.96. The zero-order valence-electron chi connectivity index (χ0n) is 11.2. The largest absolute Gasteiger partial charge is 0.360 e. The molecule has 1 aromatic rings. The Balaban J connectivity index is 2.53. The third-order valence-electron chi connectivity index (χ3n) is 2.81. The Labute approximate surface area is 103 Å². The summed E-state index contributed by atoms with van der Waals surface area (Å²) in [5, 5.41) is 4.31. The van der Waals surface area contributed by atoms with Crippen LogP contribution in [0.1, 0.15) is 47.4 Å². The maximum atomic E-state index is 4.51. The van der Waals surface area contributed by atoms with Crippen LogP contribution in [0.25, 0.3) is 0 Å². The third kappa shape index (κ3) is 3.74. The van der Waals surface area contributed by atoms with Crippen LogP contribution in [0.3, 0.4) is 0 Å². The topological polar surface area (TPSA) is 37.8 Å². The molecule has 4 heteroatoms. The van der Waals surface area contributed by atoms with Gasteiger partial charge in [0.05, 0.1) is 0 Å². The van der Waals surface area contributed by atoms with Crippen LogP contribution in [-0.2, 0) is 5.41 Å². The zero-order chi connectivity index (χ0) is 12.3. The van der Waals surface area contributed by atoms with Gasteiger partial charge in [-0.05, 0) is 11.8 Å². The molecule has 1 unspecified atom stereocenters. The minimum Gasteiger partial charge on any atom is -0.360 e. The van der Waals surface area contributed by atoms with Crippen molar-refractivity contribution in [1.29, 1.82) is 0 Å². The quantitative estimate of drug-likeness (QED) is 0.876. The molecule has 3 nitrogen and oxygen atoms in total. The van der Waals surface area contributed by atoms with Gasteiger partial charge in [-0.3, -0.25) is 0 Å². The first-order chi connectivity index (χ1) is 7.30. The fraction of sp³-hybridized carbons (Fsp3) is 0.833. The molecule has 92 valence electrons. The molecule has 1 heterocycles. The van der Waals surface area contributed by atoms with Gasteiger partial charge in [-0.15, -0.1) is 0 Å². The number of rotatable bonds is 4. The summed E-state index contributed by atoms with van der Waals surface area (Å²) in [5.74, 6) is 2.28. The third-order valence-corrected chi connectivity index (χ3v) is 3.48. The van der Waals surface area contributed by atoms with Crippen LogP contribution in [-0.4, -0.2) is 15.9 Å². The maximum Gasteiger partial charge on any atom is 0.202 e. The summed E-state index contributed by atoms with van der Waals surface area (Å²) in [6.07, 6.45) is 0. The van der Waals surface area contributed by atoms with Gasteiger partial charge in [-0.2, -0.15) is 4.37 Å². The van der Waals surface area contributed by atoms with E-state index in [1.54, 1.807) is 0 Å². The van der Waals surface area contributed by atoms with E-state index in [9.17, 15) is 0 Å². The van der Waals surface area contributed by atoms with Crippen molar-refractivity contribution in [2.24, 2.45) is 11.8 Å². The summed E-state index contributed by atoms with van der Waals surface area (Å²) in [6, 6.07) is 0. The fourth-order valence-corrected chi connectivity index (χ4v) is 1.85. The second-order valence-corrected chi connectivity index (χ2v) is 6.53. The average Bonchev–Trinajstić information content (AvgIpc) is 2.61. The lowest BCUT2D eigenvalue weighted by Crippen LogP contribution is -2.17. The summed E-state index contributed by atoms with van der Waals surface area (Å²) in [7, 11) is 0. The van der Waals surface area contributed by atoms with Crippen molar-refractivity contribution in [2.75, 3.05) is 11.9 Å². The molecule has 1 aromatic heterocycles. The molecule has 0 aliphatic carbocycles. The first-order valence-electron chi connectivity index (χ1n) is 5.88. The Morgan fingerprint density at radius 2 is 1.88 bits per heavy atom. The van der Waals surface area contributed by atoms with E-state index < -0.39 is 0 Å². The van der Waals surface area contributed by atoms with Gasteiger partial charge in [0.15, 0.2) is 0 Å². The van der Waals surface area contributed by atoms with Crippen LogP contribution in [0.2, 0.25) is 0 Å². The van der Waals surface area contributed by atoms with E-state index in [1.807, 2.05) is 0 Å². The molecule has 1 rings (SSSR count). The summed E-state index contributed by atoms with van der Waals surface area (Å²) in [4.78, 5) is 4.51. The predicted molar refractivity (Wildman–Crippen MR) is 71.1 cm³/mol. The molecule has 0 radical (unpaired) electrons. The monoisotopic (exact) mass is 241 g/mol. The standard InChI is InChI=1S/C12H23N3S/c1-8(2)9(3)7-13-11-14-10(15-16-11)12(4,5)6/h8-9H,7H2,1-6H3,(H,13,14,15). The van der Waals surface area contributed by atoms with Crippen LogP contribution in [0, 0.1) is 11.8 Å². The van der Waals surface area contributed by atoms with Crippen molar-refractivity contribution in [1.82, 2.24) is 9.36 Å². The summed E-state index contributed by atoms with van der Waals surface area (Å²) in [5.41, 5.74) is 0.0418. The maximum absolute atomic E-state index is 4.51. The van der Waals surface area contributed by atoms with Gasteiger partial charge in [0.2, 0.25) is 5.13 Å². The molecule has 1 atom stereocenters. The highest BCUT2D eigenvalue weighted by atomic mass is 32.1. The summed E-state index contributed by atoms with van der Waals surface area (Å²) >= 11 is 1.46. The van der Waals surface area contributed by atoms with E-state index in [-0.39, 0.29) is 5.41 Å². The van der Waals surface area contributed by atoms with Gasteiger partial charge in [-0.1, -0.05) is 41.5 Å². The van der Waals surface area contributed by atoms with Crippen LogP contribution in [0.5, 0.6) is 0 Å². The summed E-state index contributed by atoms with van der Waals surface area (Å²) in [6.45, 7) is 14.1. The van der Waals surface area contributed by atoms with Crippen molar-refractivity contribution in [2.45, 2.75) is 47.0 Å². The molecule has 0 aliphatic heterocycles. The van der Waals surface area contributed by atoms with Crippen molar-refractivity contribution >= 4 is 16.7 Å². The first-order valence-corrected chi connectivity index (χ1v) is 6.66. The Hall–Kier alpha value is -0.640. The molecular weight excluding hydrogens is 218 g/mol. The van der Waals surface area contributed by atoms with Gasteiger partial charge < -0.3 is 5.32 Å². The number of nitrogens with one attached hydrogen (secondary N) is 1. The number of hydrogen-bond acceptors (Lipinski definition) is 4. The van der Waals surface area contributed by atoms with Crippen molar-refractivity contribution in [3.05, 3.63) is 5.82 Å². The van der Waals surface area contributed by atoms with Gasteiger partial charge in [0, 0.05) is 23.5 Å². The molecule has 16 heavy (non-hydrogen) atoms. The number of nitrogens with zero attached hydrogens (tertiary/aromatic N) is 2. The van der Waals surface area contributed by atoms with Crippen molar-refractivity contribution < 1.29 is 0 Å². The van der Waals surface area contributed by atoms with Crippen LogP contribution >= 0.6 is 11.5 Å². The average molecular weight is 241 g/mol. The van der Waals surface area contributed by atoms with E-state index in [0.29, 0.717) is 11.8 Å². The minimum absolute atomic E-state index is 0.0418. The van der Waals surface area contributed by atoms with E-state index in [4.69, 9.17) is 0 Å². The highest BCUT2D eigenvalue weighted by Crippen LogP contribution is 2.23. The Morgan fingerprint density at radius 3 is 2.31 bits per heavy atom. The van der Waals surface area contributed by atoms with Gasteiger partial charge in [0.25, 0.3) is 0 Å². The number of aromatic nitrogens is 2. The molecule has 0 saturated carbocycles. The van der Waals surface area contributed by atoms with Gasteiger partial charge in [0.1, 0.15) is 5.82 Å². The van der Waals surface area contributed by atoms with E-state index in [1.165, 1.54) is 11.5 Å². The molecular formula is C12H23N3S. The van der Waals surface area contributed by atoms with Crippen molar-refractivity contribution in [3.63, 3.8) is 0 Å². The molecule has 0 aliphatic rings. The minimum atomic E-state index is 0.0418. The molecule has 0 bridgehead atoms. The molecule has 1 N–H and O–H groups in total. The highest BCUT2D eigenvalue weighted by Gasteiger charge is 2.19. The van der Waals surface area contributed by atoms with Crippen molar-refractivity contribution in [3.8, 4) is 0 Å². The SMILES string of the molecule is CC(C)C(C)CNc1nc(C(C)(C)C)ns1. The second-order valence-electron chi connectivity index (χ2n) is 5.78. The Morgan fingerprint density at radius 1 is 1.25 bits per heavy atom. The summed E-state index contributed by atoms with van der Waals surface area (Å²) < 4.78 is 4.38. The lowest BCUT2D eigenvalue weighted by Gasteiger charge is -2.15. The van der Waals surface area contributed by atoms with Crippen LogP contribution in [0.15, 0.2) is 0 Å². The van der Waals surface area contributed by atoms with Crippen LogP contribution in [0.4, 0.5) is 5.13 Å². The number of hydrogen-bond donors (Lipinski definition) is 1. The molecule has 0 spiro atoms. The predicted octanol–water partition coefficient (Wildman–Crippen LogP) is 3.54. The highest BCUT2D eigenvalue weighted by molar-refractivity contribution is 7.09. The normalized spacial score (nSPS) is 14.2. The molecule has 0 aromatic carbocycles. The van der Waals surface area contributed by atoms with E-state index in [2.05, 4.69) is 56.2 Å². The smallest absolute Gasteiger partial charge is 0.202 e. The van der Waals surface area contributed by atoms with E-state index >= 15 is 0 Å². The second kappa shape index (κ2) is 5.13. The van der Waals surface area contributed by atoms with Gasteiger partial charge >= 0.3 is 0 Å². The lowest BCUT2D eigenvalue weighted by molar-refractivity contribution is 0.439.